The lowest BCUT2D eigenvalue weighted by atomic mass is 9.96. The number of carbonyl (C=O) groups excluding carboxylic acids is 6. The number of nitrogens with one attached hydrogen (secondary N) is 1. The van der Waals surface area contributed by atoms with Crippen molar-refractivity contribution in [2.75, 3.05) is 41.7 Å². The molecule has 0 unspecified atom stereocenters. The number of imidazole rings is 5. The van der Waals surface area contributed by atoms with Crippen molar-refractivity contribution in [3.63, 3.8) is 0 Å². The molecule has 0 bridgehead atoms. The Balaban J connectivity index is 0.000000215. The van der Waals surface area contributed by atoms with Crippen molar-refractivity contribution in [3.05, 3.63) is 208 Å². The molecule has 0 saturated carbocycles. The van der Waals surface area contributed by atoms with Gasteiger partial charge in [0.25, 0.3) is 47.7 Å². The van der Waals surface area contributed by atoms with Gasteiger partial charge in [0.2, 0.25) is 41.1 Å². The first-order valence-electron chi connectivity index (χ1n) is 37.6. The average Bonchev–Trinajstić information content (AvgIpc) is 1.62. The van der Waals surface area contributed by atoms with Crippen LogP contribution in [-0.2, 0) is 61.9 Å². The van der Waals surface area contributed by atoms with Crippen molar-refractivity contribution in [1.29, 1.82) is 0 Å². The van der Waals surface area contributed by atoms with E-state index in [0.29, 0.717) is 102 Å². The van der Waals surface area contributed by atoms with E-state index in [0.717, 1.165) is 76.0 Å². The number of hydrogen-bond acceptors (Lipinski definition) is 25. The summed E-state index contributed by atoms with van der Waals surface area (Å²) in [4.78, 5) is 118. The molecule has 0 radical (unpaired) electrons. The lowest BCUT2D eigenvalue weighted by molar-refractivity contribution is 0.0814. The zero-order valence-electron chi connectivity index (χ0n) is 71.3. The number of pyridine rings is 4. The van der Waals surface area contributed by atoms with Gasteiger partial charge < -0.3 is 27.9 Å². The van der Waals surface area contributed by atoms with Crippen molar-refractivity contribution < 1.29 is 85.2 Å². The lowest BCUT2D eigenvalue weighted by Gasteiger charge is -2.19. The van der Waals surface area contributed by atoms with E-state index >= 15 is 0 Å². The minimum Gasteiger partial charge on any atom is -0.369 e. The fraction of sp³-hybridized carbons (Fsp3) is 0.321. The van der Waals surface area contributed by atoms with Gasteiger partial charge in [-0.25, -0.2) is 62.4 Å². The Morgan fingerprint density at radius 3 is 0.790 bits per heavy atom. The molecular weight excluding hydrogens is 1670 g/mol. The van der Waals surface area contributed by atoms with Gasteiger partial charge in [-0.15, -0.1) is 0 Å². The Hall–Kier alpha value is -12.8. The van der Waals surface area contributed by atoms with Crippen molar-refractivity contribution in [2.45, 2.75) is 135 Å². The molecule has 9 heterocycles. The number of H-pyrrole nitrogens is 1. The summed E-state index contributed by atoms with van der Waals surface area (Å²) in [6, 6.07) is 33.8. The Kier molecular flexibility index (Phi) is 30.7. The number of ketones is 6. The average molecular weight is 1770 g/mol. The zero-order chi connectivity index (χ0) is 93.2. The van der Waals surface area contributed by atoms with Crippen LogP contribution >= 0.6 is 0 Å². The van der Waals surface area contributed by atoms with Crippen LogP contribution in [0.2, 0.25) is 0 Å². The first-order chi connectivity index (χ1) is 56.9. The van der Waals surface area contributed by atoms with Gasteiger partial charge in [-0.1, -0.05) is 104 Å². The third kappa shape index (κ3) is 29.2. The SMILES string of the molecule is CC(C)(C)Cn1c(N)nc2ccc(-c3[nH]c(C(C)(C)C)nc3-c3ccc(F)cc3)nc21.CC(C)(C)Cn1c(N)nc2ccc(C(=O)C(=O)c3ccc(F)cc3)nc21.CC(C)(C)Cn1c(N)nc2ccc(C(=O)C(=O)c3ccc(F)cc3)nc21.CC(C)(C)Cn1c(N)nc2ccc(C(=O)C(=O)c3ccc(F)cc3)nc21.CS(=O)(=O)O.CS(=O)(=O)O.CS(=O)(=O)O. The molecule has 0 aliphatic heterocycles. The molecule has 0 amide bonds. The highest BCUT2D eigenvalue weighted by Gasteiger charge is 2.30. The monoisotopic (exact) mass is 1770 g/mol. The maximum atomic E-state index is 13.5. The minimum atomic E-state index is -3.67. The number of nitrogen functional groups attached to an aromatic ring is 4. The molecule has 0 saturated heterocycles. The zero-order valence-corrected chi connectivity index (χ0v) is 73.7. The molecule has 0 atom stereocenters. The number of benzene rings is 4. The fourth-order valence-corrected chi connectivity index (χ4v) is 11.4. The third-order valence-corrected chi connectivity index (χ3v) is 16.4. The third-order valence-electron chi connectivity index (χ3n) is 16.4. The molecule has 660 valence electrons. The molecule has 0 aliphatic carbocycles. The normalized spacial score (nSPS) is 11.9. The predicted molar refractivity (Wildman–Crippen MR) is 465 cm³/mol. The molecular formula is C84H98F4N18O15S3. The first kappa shape index (κ1) is 98.4. The van der Waals surface area contributed by atoms with E-state index in [1.54, 1.807) is 44.0 Å². The number of carbonyl (C=O) groups is 6. The standard InChI is InChI=1S/C24H29FN6.3C19H19FN4O2.3CH4O3S/c1-23(2,3)13-31-20-17(28-22(31)26)12-11-16(27-20)19-18(14-7-9-15(25)10-8-14)29-21(30-19)24(4,5)6;3*1-19(2,3)10-24-17-14(23-18(24)21)9-8-13(22-17)16(26)15(25)11-4-6-12(20)7-5-11;3*1-5(2,3)4/h7-12H,13H2,1-6H3,(H2,26,28)(H,29,30);3*4-9H,10H2,1-3H3,(H2,21,23);3*1H3,(H,2,3,4). The van der Waals surface area contributed by atoms with Gasteiger partial charge in [-0.3, -0.25) is 60.7 Å². The highest BCUT2D eigenvalue weighted by atomic mass is 32.2. The quantitative estimate of drug-likeness (QED) is 0.0204. The Morgan fingerprint density at radius 1 is 0.331 bits per heavy atom. The van der Waals surface area contributed by atoms with Crippen molar-refractivity contribution in [1.82, 2.24) is 68.1 Å². The molecule has 4 aromatic carbocycles. The second-order valence-corrected chi connectivity index (χ2v) is 38.8. The van der Waals surface area contributed by atoms with Gasteiger partial charge in [0, 0.05) is 53.8 Å². The summed E-state index contributed by atoms with van der Waals surface area (Å²) in [5.74, 6) is -4.03. The van der Waals surface area contributed by atoms with Crippen LogP contribution in [0.15, 0.2) is 146 Å². The number of rotatable bonds is 15. The largest absolute Gasteiger partial charge is 0.369 e. The van der Waals surface area contributed by atoms with Crippen LogP contribution in [0.5, 0.6) is 0 Å². The molecule has 40 heteroatoms. The highest BCUT2D eigenvalue weighted by Crippen LogP contribution is 2.36. The highest BCUT2D eigenvalue weighted by molar-refractivity contribution is 7.85. The first-order valence-corrected chi connectivity index (χ1v) is 43.1. The molecule has 9 aromatic heterocycles. The molecule has 13 rings (SSSR count). The van der Waals surface area contributed by atoms with E-state index in [-0.39, 0.29) is 66.7 Å². The summed E-state index contributed by atoms with van der Waals surface area (Å²) in [5.41, 5.74) is 31.7. The topological polar surface area (TPSA) is 521 Å². The summed E-state index contributed by atoms with van der Waals surface area (Å²) in [7, 11) is -11.0. The molecule has 33 nitrogen and oxygen atoms in total. The van der Waals surface area contributed by atoms with Crippen LogP contribution in [0.25, 0.3) is 67.3 Å². The van der Waals surface area contributed by atoms with Crippen molar-refractivity contribution in [2.24, 2.45) is 21.7 Å². The number of aromatic amines is 1. The number of anilines is 4. The lowest BCUT2D eigenvalue weighted by Crippen LogP contribution is -2.19. The summed E-state index contributed by atoms with van der Waals surface area (Å²) in [5, 5.41) is 0. The Labute approximate surface area is 712 Å². The number of Topliss-reactive ketones (excluding diaryl/α,β-unsaturated/α-hetero) is 6. The van der Waals surface area contributed by atoms with Crippen LogP contribution in [-0.4, -0.2) is 160 Å². The number of fused-ring (bicyclic) bond motifs is 4. The summed E-state index contributed by atoms with van der Waals surface area (Å²) in [6.45, 7) is 33.6. The number of hydrogen-bond donors (Lipinski definition) is 8. The molecule has 13 aromatic rings. The van der Waals surface area contributed by atoms with Gasteiger partial charge in [0.05, 0.1) is 35.8 Å². The van der Waals surface area contributed by atoms with E-state index in [4.69, 9.17) is 46.6 Å². The summed E-state index contributed by atoms with van der Waals surface area (Å²) < 4.78 is 137. The van der Waals surface area contributed by atoms with Crippen LogP contribution in [0.4, 0.5) is 41.4 Å². The van der Waals surface area contributed by atoms with Gasteiger partial charge in [-0.05, 0) is 167 Å². The van der Waals surface area contributed by atoms with Crippen molar-refractivity contribution in [3.8, 4) is 22.6 Å². The molecule has 0 aliphatic rings. The fourth-order valence-electron chi connectivity index (χ4n) is 11.4. The summed E-state index contributed by atoms with van der Waals surface area (Å²) >= 11 is 0. The van der Waals surface area contributed by atoms with Crippen LogP contribution in [0.1, 0.15) is 172 Å². The van der Waals surface area contributed by atoms with E-state index < -0.39 is 82.5 Å². The smallest absolute Gasteiger partial charge is 0.261 e. The van der Waals surface area contributed by atoms with Crippen LogP contribution in [0.3, 0.4) is 0 Å². The van der Waals surface area contributed by atoms with E-state index in [1.165, 1.54) is 66.7 Å². The van der Waals surface area contributed by atoms with Gasteiger partial charge >= 0.3 is 0 Å². The molecule has 0 spiro atoms. The minimum absolute atomic E-state index is 0.00174. The van der Waals surface area contributed by atoms with E-state index in [2.05, 4.69) is 81.4 Å². The van der Waals surface area contributed by atoms with Crippen LogP contribution < -0.4 is 22.9 Å². The maximum Gasteiger partial charge on any atom is 0.261 e. The molecule has 12 N–H and O–H groups in total. The van der Waals surface area contributed by atoms with Gasteiger partial charge in [0.1, 0.15) is 68.2 Å². The number of nitrogens with zero attached hydrogens (tertiary/aromatic N) is 13. The second-order valence-electron chi connectivity index (χ2n) is 34.4. The molecule has 0 fully saturated rings. The van der Waals surface area contributed by atoms with E-state index in [1.807, 2.05) is 79.0 Å². The van der Waals surface area contributed by atoms with Crippen molar-refractivity contribution >= 4 is 134 Å². The Bertz CT molecular complexity index is 6010. The summed E-state index contributed by atoms with van der Waals surface area (Å²) in [6.07, 6.45) is 2.15. The second kappa shape index (κ2) is 38.8. The van der Waals surface area contributed by atoms with Gasteiger partial charge in [0.15, 0.2) is 22.6 Å². The predicted octanol–water partition coefficient (Wildman–Crippen LogP) is 13.9. The molecule has 124 heavy (non-hydrogen) atoms. The van der Waals surface area contributed by atoms with E-state index in [9.17, 15) is 71.6 Å². The maximum absolute atomic E-state index is 13.5. The number of halogens is 4. The Morgan fingerprint density at radius 2 is 0.556 bits per heavy atom. The van der Waals surface area contributed by atoms with Crippen LogP contribution in [0, 0.1) is 44.9 Å². The van der Waals surface area contributed by atoms with Gasteiger partial charge in [-0.2, -0.15) is 25.3 Å². The number of nitrogens with two attached hydrogens (primary N) is 4. The number of aromatic nitrogens is 14.